The molecule has 0 bridgehead atoms. The monoisotopic (exact) mass is 1290 g/mol. The number of amides is 2. The minimum Gasteiger partial charge on any atom is -1.00 e. The first-order valence-electron chi connectivity index (χ1n) is 27.4. The summed E-state index contributed by atoms with van der Waals surface area (Å²) in [6, 6.07) is 9.69. The third kappa shape index (κ3) is 19.4. The Labute approximate surface area is 589 Å². The summed E-state index contributed by atoms with van der Waals surface area (Å²) in [6.45, 7) is 23.7. The van der Waals surface area contributed by atoms with Gasteiger partial charge < -0.3 is 31.3 Å². The van der Waals surface area contributed by atoms with Crippen molar-refractivity contribution in [3.63, 3.8) is 0 Å². The Hall–Kier alpha value is -3.67. The number of sulfonamides is 2. The normalized spacial score (nSPS) is 18.3. The Balaban J connectivity index is 0.000000300. The molecular formula is C55H77ClK2N14O11S2. The average molecular weight is 1290 g/mol. The van der Waals surface area contributed by atoms with Gasteiger partial charge in [0, 0.05) is 79.5 Å². The van der Waals surface area contributed by atoms with Crippen LogP contribution >= 0.6 is 11.6 Å². The van der Waals surface area contributed by atoms with Gasteiger partial charge in [-0.3, -0.25) is 23.7 Å². The van der Waals surface area contributed by atoms with Crippen molar-refractivity contribution in [2.24, 2.45) is 36.8 Å². The van der Waals surface area contributed by atoms with E-state index in [1.54, 1.807) is 62.4 Å². The largest absolute Gasteiger partial charge is 1.00 e. The summed E-state index contributed by atoms with van der Waals surface area (Å²) in [5.74, 6) is 1.99. The number of anilines is 1. The van der Waals surface area contributed by atoms with E-state index in [2.05, 4.69) is 101 Å². The summed E-state index contributed by atoms with van der Waals surface area (Å²) in [5.41, 5.74) is 1.28. The van der Waals surface area contributed by atoms with Crippen LogP contribution in [0.4, 0.5) is 5.82 Å². The Morgan fingerprint density at radius 1 is 0.718 bits per heavy atom. The molecule has 4 fully saturated rings. The molecule has 2 saturated carbocycles. The quantitative estimate of drug-likeness (QED) is 0.0341. The molecule has 0 radical (unpaired) electrons. The van der Waals surface area contributed by atoms with Crippen LogP contribution in [-0.4, -0.2) is 122 Å². The zero-order valence-corrected chi connectivity index (χ0v) is 59.7. The first-order chi connectivity index (χ1) is 38.9. The number of halogens is 1. The van der Waals surface area contributed by atoms with Gasteiger partial charge in [-0.2, -0.15) is 10.2 Å². The molecule has 25 nitrogen and oxygen atoms in total. The van der Waals surface area contributed by atoms with Gasteiger partial charge in [-0.1, -0.05) is 52.1 Å². The van der Waals surface area contributed by atoms with Crippen LogP contribution in [0.2, 0.25) is 5.15 Å². The minimum atomic E-state index is -4.14. The number of aromatic nitrogens is 10. The Morgan fingerprint density at radius 2 is 1.16 bits per heavy atom. The van der Waals surface area contributed by atoms with E-state index in [9.17, 15) is 26.4 Å². The first kappa shape index (κ1) is 72.1. The zero-order chi connectivity index (χ0) is 60.9. The predicted octanol–water partition coefficient (Wildman–Crippen LogP) is 0.222. The fourth-order valence-corrected chi connectivity index (χ4v) is 12.3. The minimum absolute atomic E-state index is 0. The molecule has 6 aromatic rings. The van der Waals surface area contributed by atoms with E-state index in [4.69, 9.17) is 36.1 Å². The third-order valence-corrected chi connectivity index (χ3v) is 18.3. The average Bonchev–Trinajstić information content (AvgIpc) is 2.16. The number of nitrogens with zero attached hydrogens (tertiary/aromatic N) is 11. The Kier molecular flexibility index (Phi) is 25.2. The van der Waals surface area contributed by atoms with Gasteiger partial charge in [0.2, 0.25) is 11.8 Å². The molecule has 2 aliphatic carbocycles. The van der Waals surface area contributed by atoms with Crippen molar-refractivity contribution in [2.45, 2.75) is 141 Å². The second-order valence-electron chi connectivity index (χ2n) is 23.7. The van der Waals surface area contributed by atoms with E-state index in [1.165, 1.54) is 64.9 Å². The Bertz CT molecular complexity index is 3530. The molecule has 2 atom stereocenters. The number of pyridine rings is 2. The molecule has 2 aliphatic heterocycles. The Morgan fingerprint density at radius 3 is 1.53 bits per heavy atom. The topological polar surface area (TPSA) is 307 Å². The van der Waals surface area contributed by atoms with Crippen molar-refractivity contribution in [1.82, 2.24) is 63.9 Å². The number of ether oxygens (including phenoxy) is 2. The molecule has 6 aromatic heterocycles. The fraction of sp³-hybridized carbons (Fsp3) is 0.545. The van der Waals surface area contributed by atoms with Crippen molar-refractivity contribution in [1.29, 1.82) is 0 Å². The third-order valence-electron chi connectivity index (χ3n) is 15.2. The van der Waals surface area contributed by atoms with Crippen LogP contribution in [0.1, 0.15) is 140 Å². The van der Waals surface area contributed by atoms with Gasteiger partial charge >= 0.3 is 103 Å². The summed E-state index contributed by atoms with van der Waals surface area (Å²) < 4.78 is 72.9. The smallest absolute Gasteiger partial charge is 1.00 e. The predicted molar refractivity (Wildman–Crippen MR) is 307 cm³/mol. The summed E-state index contributed by atoms with van der Waals surface area (Å²) in [5, 5.41) is 28.7. The van der Waals surface area contributed by atoms with Crippen LogP contribution in [0, 0.1) is 36.5 Å². The van der Waals surface area contributed by atoms with Gasteiger partial charge in [-0.05, 0) is 123 Å². The molecule has 0 spiro atoms. The SMILES string of the molecule is CCC1CN(c2nc(-n3ccc(OCC4(C)CC4)n3)ccc2C(=O)NS(=O)(=O)c2cn(C)nc2C)C(C)(C)C1.CCC1CNC(C)(C)C1.Cc1nn(C)cc1S(=O)(=O)NC(=O)c1ccc(-n2ccc(OCC3(C)CC3)n2)nc1Cl.O=CO[O-].[H-].[K+].[K+]. The summed E-state index contributed by atoms with van der Waals surface area (Å²) in [7, 11) is -5.03. The molecule has 4 aliphatic rings. The van der Waals surface area contributed by atoms with E-state index in [-0.39, 0.29) is 159 Å². The van der Waals surface area contributed by atoms with E-state index in [1.807, 2.05) is 4.72 Å². The number of aryl methyl sites for hydroxylation is 4. The van der Waals surface area contributed by atoms with Crippen molar-refractivity contribution in [3.05, 3.63) is 88.9 Å². The molecule has 2 amide bonds. The number of nitrogens with one attached hydrogen (secondary N) is 3. The van der Waals surface area contributed by atoms with Gasteiger partial charge in [0.25, 0.3) is 38.3 Å². The van der Waals surface area contributed by atoms with Crippen LogP contribution in [0.3, 0.4) is 0 Å². The second kappa shape index (κ2) is 29.8. The van der Waals surface area contributed by atoms with E-state index >= 15 is 0 Å². The van der Waals surface area contributed by atoms with Gasteiger partial charge in [-0.25, -0.2) is 45.6 Å². The van der Waals surface area contributed by atoms with Gasteiger partial charge in [0.05, 0.1) is 35.7 Å². The molecule has 8 heterocycles. The van der Waals surface area contributed by atoms with E-state index in [0.29, 0.717) is 66.1 Å². The molecule has 2 unspecified atom stereocenters. The molecule has 2 saturated heterocycles. The number of hydrogen-bond acceptors (Lipinski definition) is 19. The van der Waals surface area contributed by atoms with Crippen molar-refractivity contribution in [3.8, 4) is 23.4 Å². The second-order valence-corrected chi connectivity index (χ2v) is 27.3. The maximum atomic E-state index is 13.5. The summed E-state index contributed by atoms with van der Waals surface area (Å²) in [4.78, 5) is 48.3. The molecular weight excluding hydrogens is 1210 g/mol. The van der Waals surface area contributed by atoms with Gasteiger partial charge in [-0.15, -0.1) is 10.2 Å². The molecule has 3 N–H and O–H groups in total. The van der Waals surface area contributed by atoms with Crippen LogP contribution in [0.25, 0.3) is 11.6 Å². The number of hydrogen-bond donors (Lipinski definition) is 3. The maximum Gasteiger partial charge on any atom is 1.00 e. The van der Waals surface area contributed by atoms with Crippen LogP contribution in [0.15, 0.2) is 71.0 Å². The molecule has 0 aromatic carbocycles. The number of carbonyl (C=O) groups is 3. The number of rotatable bonds is 18. The van der Waals surface area contributed by atoms with Gasteiger partial charge in [0.15, 0.2) is 11.6 Å². The van der Waals surface area contributed by atoms with Crippen LogP contribution in [-0.2, 0) is 43.8 Å². The number of carbonyl (C=O) groups excluding carboxylic acids is 3. The van der Waals surface area contributed by atoms with E-state index in [0.717, 1.165) is 44.4 Å². The molecule has 85 heavy (non-hydrogen) atoms. The standard InChI is InChI=1S/C27H37N7O4S.C19H21ClN6O4S.C8H17N.CH2O3.2K.H/c1-7-19-14-26(3,4)33(15-19)24-20(25(35)31-39(36,37)21-16-32(6)29-18(21)2)8-9-22(28-24)34-13-10-23(30-34)38-17-27(5)11-12-27;1-12-14(10-25(3)22-12)31(28,29)24-18(27)13-4-5-15(21-17(13)20)26-9-6-16(23-26)30-11-19(2)7-8-19;1-4-7-5-8(2,3)9-6-7;2-1-4-3;;;/h8-10,13,16,19H,7,11-12,14-15,17H2,1-6H3,(H,31,35);4-6,9-10H,7-8,11H2,1-3H3,(H,24,27);7,9H,4-6H2,1-3H3;1,3H;;;/q;;;;2*+1;-1/p-1. The first-order valence-corrected chi connectivity index (χ1v) is 30.7. The van der Waals surface area contributed by atoms with Crippen LogP contribution in [0.5, 0.6) is 11.8 Å². The maximum absolute atomic E-state index is 13.5. The molecule has 454 valence electrons. The summed E-state index contributed by atoms with van der Waals surface area (Å²) in [6.07, 6.45) is 15.3. The zero-order valence-electron chi connectivity index (χ0n) is 52.1. The van der Waals surface area contributed by atoms with Crippen molar-refractivity contribution in [2.75, 3.05) is 31.2 Å². The van der Waals surface area contributed by atoms with E-state index < -0.39 is 31.9 Å². The van der Waals surface area contributed by atoms with Gasteiger partial charge in [0.1, 0.15) is 20.8 Å². The van der Waals surface area contributed by atoms with Crippen molar-refractivity contribution < 1.29 is 155 Å². The van der Waals surface area contributed by atoms with Crippen molar-refractivity contribution >= 4 is 55.8 Å². The van der Waals surface area contributed by atoms with Crippen LogP contribution < -0.4 is 137 Å². The molecule has 30 heteroatoms. The summed E-state index contributed by atoms with van der Waals surface area (Å²) >= 11 is 6.16. The molecule has 10 rings (SSSR count). The fourth-order valence-electron chi connectivity index (χ4n) is 9.66.